The van der Waals surface area contributed by atoms with Crippen molar-refractivity contribution in [2.45, 2.75) is 0 Å². The first kappa shape index (κ1) is 18.5. The number of para-hydroxylation sites is 1. The molecule has 140 valence electrons. The van der Waals surface area contributed by atoms with Crippen molar-refractivity contribution in [2.24, 2.45) is 0 Å². The molecule has 9 nitrogen and oxygen atoms in total. The van der Waals surface area contributed by atoms with Crippen molar-refractivity contribution in [3.63, 3.8) is 0 Å². The van der Waals surface area contributed by atoms with Gasteiger partial charge in [-0.3, -0.25) is 25.0 Å². The van der Waals surface area contributed by atoms with Gasteiger partial charge in [-0.05, 0) is 36.4 Å². The Bertz CT molecular complexity index is 1000. The predicted octanol–water partition coefficient (Wildman–Crippen LogP) is 4.50. The molecule has 0 saturated heterocycles. The van der Waals surface area contributed by atoms with Gasteiger partial charge in [0, 0.05) is 29.2 Å². The van der Waals surface area contributed by atoms with Gasteiger partial charge in [-0.1, -0.05) is 18.2 Å². The predicted molar refractivity (Wildman–Crippen MR) is 104 cm³/mol. The zero-order valence-corrected chi connectivity index (χ0v) is 14.4. The summed E-state index contributed by atoms with van der Waals surface area (Å²) >= 11 is 0. The Morgan fingerprint density at radius 3 is 1.75 bits per heavy atom. The summed E-state index contributed by atoms with van der Waals surface area (Å²) < 4.78 is 0. The van der Waals surface area contributed by atoms with Crippen LogP contribution in [0.15, 0.2) is 72.8 Å². The van der Waals surface area contributed by atoms with Gasteiger partial charge in [0.25, 0.3) is 17.3 Å². The van der Waals surface area contributed by atoms with Gasteiger partial charge in [-0.2, -0.15) is 0 Å². The molecule has 0 saturated carbocycles. The largest absolute Gasteiger partial charge is 0.356 e. The van der Waals surface area contributed by atoms with E-state index in [9.17, 15) is 25.0 Å². The van der Waals surface area contributed by atoms with E-state index in [0.717, 1.165) is 29.6 Å². The quantitative estimate of drug-likeness (QED) is 0.480. The number of hydrogen-bond donors (Lipinski definition) is 2. The highest BCUT2D eigenvalue weighted by Crippen LogP contribution is 2.24. The summed E-state index contributed by atoms with van der Waals surface area (Å²) in [6, 6.07) is 19.1. The fraction of sp³-hybridized carbons (Fsp3) is 0. The summed E-state index contributed by atoms with van der Waals surface area (Å²) in [7, 11) is 0. The van der Waals surface area contributed by atoms with Crippen molar-refractivity contribution in [1.82, 2.24) is 0 Å². The summed E-state index contributed by atoms with van der Waals surface area (Å²) in [4.78, 5) is 32.7. The molecule has 3 aromatic carbocycles. The van der Waals surface area contributed by atoms with Crippen molar-refractivity contribution >= 4 is 34.3 Å². The van der Waals surface area contributed by atoms with Gasteiger partial charge in [0.05, 0.1) is 21.5 Å². The van der Waals surface area contributed by atoms with Crippen molar-refractivity contribution in [3.05, 3.63) is 98.6 Å². The van der Waals surface area contributed by atoms with Crippen molar-refractivity contribution in [3.8, 4) is 0 Å². The van der Waals surface area contributed by atoms with Gasteiger partial charge >= 0.3 is 0 Å². The molecule has 0 bridgehead atoms. The fourth-order valence-corrected chi connectivity index (χ4v) is 2.47. The van der Waals surface area contributed by atoms with Crippen LogP contribution in [-0.2, 0) is 0 Å². The highest BCUT2D eigenvalue weighted by Gasteiger charge is 2.20. The van der Waals surface area contributed by atoms with Gasteiger partial charge in [0.15, 0.2) is 0 Å². The summed E-state index contributed by atoms with van der Waals surface area (Å²) in [5.41, 5.74) is 0.923. The molecule has 0 heterocycles. The van der Waals surface area contributed by atoms with Crippen LogP contribution in [-0.4, -0.2) is 15.8 Å². The zero-order chi connectivity index (χ0) is 20.1. The van der Waals surface area contributed by atoms with E-state index in [-0.39, 0.29) is 5.56 Å². The molecule has 0 fully saturated rings. The van der Waals surface area contributed by atoms with Crippen LogP contribution >= 0.6 is 0 Å². The Morgan fingerprint density at radius 1 is 0.714 bits per heavy atom. The van der Waals surface area contributed by atoms with Gasteiger partial charge in [-0.15, -0.1) is 0 Å². The molecule has 0 radical (unpaired) electrons. The minimum Gasteiger partial charge on any atom is -0.356 e. The lowest BCUT2D eigenvalue weighted by Crippen LogP contribution is -2.12. The number of nitrogens with one attached hydrogen (secondary N) is 2. The highest BCUT2D eigenvalue weighted by atomic mass is 16.6. The Balaban J connectivity index is 1.76. The smallest absolute Gasteiger partial charge is 0.277 e. The van der Waals surface area contributed by atoms with E-state index >= 15 is 0 Å². The van der Waals surface area contributed by atoms with E-state index in [1.807, 2.05) is 30.3 Å². The van der Waals surface area contributed by atoms with Crippen molar-refractivity contribution in [1.29, 1.82) is 0 Å². The summed E-state index contributed by atoms with van der Waals surface area (Å²) in [6.07, 6.45) is 0. The van der Waals surface area contributed by atoms with Crippen LogP contribution < -0.4 is 10.6 Å². The molecule has 28 heavy (non-hydrogen) atoms. The number of anilines is 3. The zero-order valence-electron chi connectivity index (χ0n) is 14.4. The maximum absolute atomic E-state index is 12.4. The second kappa shape index (κ2) is 7.96. The lowest BCUT2D eigenvalue weighted by molar-refractivity contribution is -0.394. The summed E-state index contributed by atoms with van der Waals surface area (Å²) in [6.45, 7) is 0. The molecular weight excluding hydrogens is 364 g/mol. The van der Waals surface area contributed by atoms with Crippen LogP contribution in [0.2, 0.25) is 0 Å². The lowest BCUT2D eigenvalue weighted by Gasteiger charge is -2.09. The SMILES string of the molecule is O=C(Nc1ccc(Nc2ccccc2)cc1)c1cc([N+](=O)[O-])cc([N+](=O)[O-])c1. The summed E-state index contributed by atoms with van der Waals surface area (Å²) in [5, 5.41) is 27.6. The van der Waals surface area contributed by atoms with Crippen molar-refractivity contribution in [2.75, 3.05) is 10.6 Å². The third kappa shape index (κ3) is 4.47. The molecule has 0 aliphatic carbocycles. The molecule has 9 heteroatoms. The number of hydrogen-bond acceptors (Lipinski definition) is 6. The second-order valence-corrected chi connectivity index (χ2v) is 5.77. The molecule has 0 aromatic heterocycles. The lowest BCUT2D eigenvalue weighted by atomic mass is 10.1. The number of carbonyl (C=O) groups is 1. The van der Waals surface area contributed by atoms with Crippen LogP contribution in [0.3, 0.4) is 0 Å². The number of nitro benzene ring substituents is 2. The maximum atomic E-state index is 12.4. The van der Waals surface area contributed by atoms with Crippen LogP contribution in [0.4, 0.5) is 28.4 Å². The first-order valence-corrected chi connectivity index (χ1v) is 8.10. The Kier molecular flexibility index (Phi) is 5.26. The third-order valence-electron chi connectivity index (χ3n) is 3.79. The van der Waals surface area contributed by atoms with E-state index in [1.165, 1.54) is 0 Å². The van der Waals surface area contributed by atoms with E-state index in [4.69, 9.17) is 0 Å². The number of carbonyl (C=O) groups excluding carboxylic acids is 1. The van der Waals surface area contributed by atoms with Gasteiger partial charge < -0.3 is 10.6 Å². The molecule has 0 atom stereocenters. The first-order chi connectivity index (χ1) is 13.4. The highest BCUT2D eigenvalue weighted by molar-refractivity contribution is 6.05. The van der Waals surface area contributed by atoms with Gasteiger partial charge in [0.1, 0.15) is 0 Å². The third-order valence-corrected chi connectivity index (χ3v) is 3.79. The minimum absolute atomic E-state index is 0.174. The van der Waals surface area contributed by atoms with E-state index in [1.54, 1.807) is 24.3 Å². The minimum atomic E-state index is -0.784. The average molecular weight is 378 g/mol. The topological polar surface area (TPSA) is 127 Å². The number of non-ortho nitro benzene ring substituents is 2. The average Bonchev–Trinajstić information content (AvgIpc) is 2.69. The first-order valence-electron chi connectivity index (χ1n) is 8.10. The van der Waals surface area contributed by atoms with Gasteiger partial charge in [-0.25, -0.2) is 0 Å². The second-order valence-electron chi connectivity index (χ2n) is 5.77. The molecule has 3 aromatic rings. The van der Waals surface area contributed by atoms with Crippen LogP contribution in [0, 0.1) is 20.2 Å². The number of nitro groups is 2. The molecule has 0 aliphatic rings. The molecule has 1 amide bonds. The fourth-order valence-electron chi connectivity index (χ4n) is 2.47. The molecule has 3 rings (SSSR count). The Morgan fingerprint density at radius 2 is 1.21 bits per heavy atom. The number of benzene rings is 3. The van der Waals surface area contributed by atoms with Crippen molar-refractivity contribution < 1.29 is 14.6 Å². The van der Waals surface area contributed by atoms with Gasteiger partial charge in [0.2, 0.25) is 0 Å². The standard InChI is InChI=1S/C19H14N4O5/c24-19(13-10-17(22(25)26)12-18(11-13)23(27)28)21-16-8-6-15(7-9-16)20-14-4-2-1-3-5-14/h1-12,20H,(H,21,24). The van der Waals surface area contributed by atoms with E-state index < -0.39 is 27.1 Å². The van der Waals surface area contributed by atoms with Crippen LogP contribution in [0.5, 0.6) is 0 Å². The van der Waals surface area contributed by atoms with Crippen LogP contribution in [0.25, 0.3) is 0 Å². The Labute approximate surface area is 158 Å². The number of nitrogens with zero attached hydrogens (tertiary/aromatic N) is 2. The number of rotatable bonds is 6. The molecule has 2 N–H and O–H groups in total. The molecule has 0 spiro atoms. The monoisotopic (exact) mass is 378 g/mol. The Hall–Kier alpha value is -4.27. The van der Waals surface area contributed by atoms with E-state index in [0.29, 0.717) is 5.69 Å². The summed E-state index contributed by atoms with van der Waals surface area (Å²) in [5.74, 6) is -0.685. The molecular formula is C19H14N4O5. The van der Waals surface area contributed by atoms with Crippen LogP contribution in [0.1, 0.15) is 10.4 Å². The number of amides is 1. The normalized spacial score (nSPS) is 10.1. The van der Waals surface area contributed by atoms with E-state index in [2.05, 4.69) is 10.6 Å². The maximum Gasteiger partial charge on any atom is 0.277 e. The molecule has 0 unspecified atom stereocenters. The molecule has 0 aliphatic heterocycles.